The topological polar surface area (TPSA) is 26.0 Å². The van der Waals surface area contributed by atoms with E-state index in [0.717, 1.165) is 24.8 Å². The average Bonchev–Trinajstić information content (AvgIpc) is 2.52. The van der Waals surface area contributed by atoms with Gasteiger partial charge in [-0.05, 0) is 49.3 Å². The van der Waals surface area contributed by atoms with E-state index in [0.29, 0.717) is 5.92 Å². The van der Waals surface area contributed by atoms with Crippen LogP contribution >= 0.6 is 11.6 Å². The van der Waals surface area contributed by atoms with Crippen molar-refractivity contribution in [1.82, 2.24) is 0 Å². The highest BCUT2D eigenvalue weighted by molar-refractivity contribution is 6.30. The monoisotopic (exact) mass is 241 g/mol. The Kier molecular flexibility index (Phi) is 3.22. The van der Waals surface area contributed by atoms with E-state index in [9.17, 15) is 4.39 Å². The molecule has 2 N–H and O–H groups in total. The number of halogens is 2. The molecule has 88 valence electrons. The maximum absolute atomic E-state index is 13.0. The number of hydrogen-bond donors (Lipinski definition) is 1. The minimum absolute atomic E-state index is 0.124. The lowest BCUT2D eigenvalue weighted by molar-refractivity contribution is 0.419. The molecule has 0 saturated heterocycles. The first-order valence-electron chi connectivity index (χ1n) is 5.71. The summed E-state index contributed by atoms with van der Waals surface area (Å²) in [7, 11) is 0. The number of benzene rings is 1. The normalized spacial score (nSPS) is 29.6. The van der Waals surface area contributed by atoms with Crippen LogP contribution in [-0.4, -0.2) is 5.54 Å². The molecular weight excluding hydrogens is 225 g/mol. The molecule has 1 aliphatic carbocycles. The Bertz CT molecular complexity index is 394. The van der Waals surface area contributed by atoms with E-state index in [4.69, 9.17) is 17.3 Å². The zero-order valence-electron chi connectivity index (χ0n) is 9.47. The second-order valence-corrected chi connectivity index (χ2v) is 5.54. The van der Waals surface area contributed by atoms with Crippen LogP contribution in [-0.2, 0) is 6.42 Å². The highest BCUT2D eigenvalue weighted by Gasteiger charge is 2.33. The smallest absolute Gasteiger partial charge is 0.141 e. The van der Waals surface area contributed by atoms with Gasteiger partial charge in [-0.3, -0.25) is 0 Å². The molecule has 1 aromatic rings. The second-order valence-electron chi connectivity index (χ2n) is 5.14. The van der Waals surface area contributed by atoms with Crippen LogP contribution in [0.3, 0.4) is 0 Å². The van der Waals surface area contributed by atoms with Crippen LogP contribution in [0.4, 0.5) is 4.39 Å². The molecule has 0 heterocycles. The van der Waals surface area contributed by atoms with Crippen LogP contribution in [0.1, 0.15) is 31.7 Å². The molecule has 3 heteroatoms. The van der Waals surface area contributed by atoms with Gasteiger partial charge in [-0.25, -0.2) is 4.39 Å². The van der Waals surface area contributed by atoms with Crippen LogP contribution in [0.2, 0.25) is 5.02 Å². The Labute approximate surface area is 101 Å². The summed E-state index contributed by atoms with van der Waals surface area (Å²) in [4.78, 5) is 0. The third-order valence-electron chi connectivity index (χ3n) is 3.43. The molecule has 1 aromatic carbocycles. The molecule has 2 unspecified atom stereocenters. The minimum atomic E-state index is -0.365. The molecule has 1 fully saturated rings. The van der Waals surface area contributed by atoms with Crippen LogP contribution in [0.15, 0.2) is 18.2 Å². The van der Waals surface area contributed by atoms with Crippen LogP contribution < -0.4 is 5.73 Å². The first-order chi connectivity index (χ1) is 7.48. The van der Waals surface area contributed by atoms with E-state index >= 15 is 0 Å². The lowest BCUT2D eigenvalue weighted by Crippen LogP contribution is -2.39. The Morgan fingerprint density at radius 2 is 2.31 bits per heavy atom. The Morgan fingerprint density at radius 1 is 1.56 bits per heavy atom. The van der Waals surface area contributed by atoms with Crippen LogP contribution in [0.5, 0.6) is 0 Å². The predicted octanol–water partition coefficient (Wildman–Crippen LogP) is 3.54. The summed E-state index contributed by atoms with van der Waals surface area (Å²) in [5, 5.41) is 0.187. The second kappa shape index (κ2) is 4.34. The summed E-state index contributed by atoms with van der Waals surface area (Å²) in [5.74, 6) is 0.331. The lowest BCUT2D eigenvalue weighted by Gasteiger charge is -2.24. The molecule has 0 spiro atoms. The third kappa shape index (κ3) is 2.55. The first kappa shape index (κ1) is 11.9. The Morgan fingerprint density at radius 3 is 2.88 bits per heavy atom. The minimum Gasteiger partial charge on any atom is -0.325 e. The highest BCUT2D eigenvalue weighted by atomic mass is 35.5. The van der Waals surface area contributed by atoms with Crippen molar-refractivity contribution in [2.75, 3.05) is 0 Å². The molecule has 1 saturated carbocycles. The number of rotatable bonds is 2. The molecular formula is C13H17ClFN. The fourth-order valence-corrected chi connectivity index (χ4v) is 2.85. The van der Waals surface area contributed by atoms with Crippen molar-refractivity contribution in [1.29, 1.82) is 0 Å². The van der Waals surface area contributed by atoms with Crippen molar-refractivity contribution >= 4 is 11.6 Å². The summed E-state index contributed by atoms with van der Waals surface area (Å²) in [6.45, 7) is 2.23. The van der Waals surface area contributed by atoms with Gasteiger partial charge in [0.2, 0.25) is 0 Å². The van der Waals surface area contributed by atoms with Crippen molar-refractivity contribution in [3.8, 4) is 0 Å². The fourth-order valence-electron chi connectivity index (χ4n) is 2.65. The van der Waals surface area contributed by atoms with Gasteiger partial charge < -0.3 is 5.73 Å². The summed E-state index contributed by atoms with van der Waals surface area (Å²) in [6, 6.07) is 4.88. The Hall–Kier alpha value is -0.600. The molecule has 1 aliphatic rings. The SMILES string of the molecule is CC1CCC(N)(Cc2ccc(F)c(Cl)c2)C1. The van der Waals surface area contributed by atoms with Crippen molar-refractivity contribution in [2.24, 2.45) is 11.7 Å². The van der Waals surface area contributed by atoms with Crippen molar-refractivity contribution in [3.63, 3.8) is 0 Å². The summed E-state index contributed by atoms with van der Waals surface area (Å²) < 4.78 is 13.0. The first-order valence-corrected chi connectivity index (χ1v) is 6.09. The third-order valence-corrected chi connectivity index (χ3v) is 3.72. The fraction of sp³-hybridized carbons (Fsp3) is 0.538. The van der Waals surface area contributed by atoms with Crippen molar-refractivity contribution in [3.05, 3.63) is 34.6 Å². The highest BCUT2D eigenvalue weighted by Crippen LogP contribution is 2.35. The Balaban J connectivity index is 2.12. The van der Waals surface area contributed by atoms with Gasteiger partial charge in [0.05, 0.1) is 5.02 Å². The standard InChI is InChI=1S/C13H17ClFN/c1-9-4-5-13(16,7-9)8-10-2-3-12(15)11(14)6-10/h2-3,6,9H,4-5,7-8,16H2,1H3. The molecule has 1 nitrogen and oxygen atoms in total. The zero-order valence-corrected chi connectivity index (χ0v) is 10.2. The number of hydrogen-bond acceptors (Lipinski definition) is 1. The maximum atomic E-state index is 13.0. The van der Waals surface area contributed by atoms with Gasteiger partial charge >= 0.3 is 0 Å². The predicted molar refractivity (Wildman–Crippen MR) is 65.0 cm³/mol. The molecule has 0 aliphatic heterocycles. The van der Waals surface area contributed by atoms with Gasteiger partial charge in [0.15, 0.2) is 0 Å². The number of nitrogens with two attached hydrogens (primary N) is 1. The molecule has 0 bridgehead atoms. The van der Waals surface area contributed by atoms with Crippen LogP contribution in [0, 0.1) is 11.7 Å². The molecule has 0 amide bonds. The summed E-state index contributed by atoms with van der Waals surface area (Å²) in [5.41, 5.74) is 7.24. The summed E-state index contributed by atoms with van der Waals surface area (Å²) in [6.07, 6.45) is 4.06. The molecule has 16 heavy (non-hydrogen) atoms. The van der Waals surface area contributed by atoms with Crippen LogP contribution in [0.25, 0.3) is 0 Å². The van der Waals surface area contributed by atoms with E-state index in [1.807, 2.05) is 0 Å². The van der Waals surface area contributed by atoms with E-state index in [-0.39, 0.29) is 16.4 Å². The molecule has 0 aromatic heterocycles. The van der Waals surface area contributed by atoms with E-state index in [2.05, 4.69) is 6.92 Å². The lowest BCUT2D eigenvalue weighted by atomic mass is 9.89. The molecule has 2 atom stereocenters. The average molecular weight is 242 g/mol. The largest absolute Gasteiger partial charge is 0.325 e. The molecule has 2 rings (SSSR count). The van der Waals surface area contributed by atoms with E-state index in [1.165, 1.54) is 12.5 Å². The van der Waals surface area contributed by atoms with E-state index < -0.39 is 0 Å². The van der Waals surface area contributed by atoms with Gasteiger partial charge in [-0.2, -0.15) is 0 Å². The maximum Gasteiger partial charge on any atom is 0.141 e. The van der Waals surface area contributed by atoms with Gasteiger partial charge in [0.25, 0.3) is 0 Å². The molecule has 0 radical (unpaired) electrons. The van der Waals surface area contributed by atoms with Crippen molar-refractivity contribution < 1.29 is 4.39 Å². The zero-order chi connectivity index (χ0) is 11.8. The van der Waals surface area contributed by atoms with Gasteiger partial charge in [-0.15, -0.1) is 0 Å². The van der Waals surface area contributed by atoms with Gasteiger partial charge in [0, 0.05) is 5.54 Å². The van der Waals surface area contributed by atoms with Gasteiger partial charge in [-0.1, -0.05) is 24.6 Å². The quantitative estimate of drug-likeness (QED) is 0.842. The van der Waals surface area contributed by atoms with Crippen molar-refractivity contribution in [2.45, 2.75) is 38.1 Å². The van der Waals surface area contributed by atoms with E-state index in [1.54, 1.807) is 12.1 Å². The van der Waals surface area contributed by atoms with Gasteiger partial charge in [0.1, 0.15) is 5.82 Å². The summed E-state index contributed by atoms with van der Waals surface area (Å²) >= 11 is 5.76.